The first-order valence-corrected chi connectivity index (χ1v) is 9.00. The Morgan fingerprint density at radius 2 is 2.29 bits per heavy atom. The smallest absolute Gasteiger partial charge is 0.252 e. The maximum absolute atomic E-state index is 12.5. The van der Waals surface area contributed by atoms with Gasteiger partial charge in [-0.25, -0.2) is 4.99 Å². The van der Waals surface area contributed by atoms with E-state index in [-0.39, 0.29) is 5.91 Å². The summed E-state index contributed by atoms with van der Waals surface area (Å²) in [6, 6.07) is 9.25. The van der Waals surface area contributed by atoms with Crippen LogP contribution in [0.5, 0.6) is 0 Å². The second kappa shape index (κ2) is 7.73. The number of halogens is 1. The van der Waals surface area contributed by atoms with Crippen molar-refractivity contribution in [3.8, 4) is 0 Å². The van der Waals surface area contributed by atoms with Crippen molar-refractivity contribution in [1.29, 1.82) is 0 Å². The van der Waals surface area contributed by atoms with Gasteiger partial charge in [0.1, 0.15) is 5.76 Å². The molecule has 1 aromatic heterocycles. The fourth-order valence-corrected chi connectivity index (χ4v) is 3.39. The highest BCUT2D eigenvalue weighted by Crippen LogP contribution is 2.26. The van der Waals surface area contributed by atoms with E-state index in [9.17, 15) is 4.79 Å². The molecular formula is C18H17ClN2O2S. The average Bonchev–Trinajstić information content (AvgIpc) is 3.10. The van der Waals surface area contributed by atoms with Crippen LogP contribution in [-0.4, -0.2) is 28.3 Å². The van der Waals surface area contributed by atoms with E-state index in [2.05, 4.69) is 4.99 Å². The number of benzene rings is 1. The van der Waals surface area contributed by atoms with Gasteiger partial charge < -0.3 is 4.42 Å². The Morgan fingerprint density at radius 1 is 1.42 bits per heavy atom. The Bertz CT molecular complexity index is 784. The van der Waals surface area contributed by atoms with E-state index in [0.717, 1.165) is 23.4 Å². The molecule has 0 radical (unpaired) electrons. The Balaban J connectivity index is 1.80. The van der Waals surface area contributed by atoms with Crippen molar-refractivity contribution < 1.29 is 9.21 Å². The number of thioether (sulfide) groups is 1. The molecule has 0 unspecified atom stereocenters. The number of furan rings is 1. The highest BCUT2D eigenvalue weighted by molar-refractivity contribution is 8.13. The third kappa shape index (κ3) is 4.10. The normalized spacial score (nSPS) is 16.9. The molecule has 0 N–H and O–H groups in total. The second-order valence-electron chi connectivity index (χ2n) is 5.37. The van der Waals surface area contributed by atoms with Crippen LogP contribution in [0.4, 0.5) is 5.69 Å². The molecule has 24 heavy (non-hydrogen) atoms. The maximum Gasteiger partial charge on any atom is 0.252 e. The summed E-state index contributed by atoms with van der Waals surface area (Å²) < 4.78 is 5.21. The molecule has 1 saturated heterocycles. The first-order valence-electron chi connectivity index (χ1n) is 7.64. The van der Waals surface area contributed by atoms with Crippen LogP contribution < -0.4 is 0 Å². The van der Waals surface area contributed by atoms with Crippen molar-refractivity contribution in [1.82, 2.24) is 4.90 Å². The first kappa shape index (κ1) is 16.9. The Kier molecular flexibility index (Phi) is 5.43. The predicted octanol–water partition coefficient (Wildman–Crippen LogP) is 4.91. The number of aliphatic imine (C=N–C) groups is 1. The zero-order valence-corrected chi connectivity index (χ0v) is 14.8. The van der Waals surface area contributed by atoms with Crippen LogP contribution in [0.3, 0.4) is 0 Å². The SMILES string of the molecule is Cc1ccc(N=C2SCCCN2C(=O)/C=C/c2ccco2)cc1Cl. The molecule has 0 aliphatic carbocycles. The summed E-state index contributed by atoms with van der Waals surface area (Å²) >= 11 is 7.74. The zero-order chi connectivity index (χ0) is 16.9. The molecular weight excluding hydrogens is 344 g/mol. The van der Waals surface area contributed by atoms with Gasteiger partial charge in [0, 0.05) is 23.4 Å². The summed E-state index contributed by atoms with van der Waals surface area (Å²) in [7, 11) is 0. The number of hydrogen-bond donors (Lipinski definition) is 0. The molecule has 1 aliphatic rings. The quantitative estimate of drug-likeness (QED) is 0.731. The summed E-state index contributed by atoms with van der Waals surface area (Å²) in [5.74, 6) is 1.50. The van der Waals surface area contributed by atoms with Gasteiger partial charge in [-0.05, 0) is 49.2 Å². The van der Waals surface area contributed by atoms with Gasteiger partial charge in [-0.15, -0.1) is 0 Å². The minimum atomic E-state index is -0.101. The number of amides is 1. The van der Waals surface area contributed by atoms with Crippen molar-refractivity contribution in [2.75, 3.05) is 12.3 Å². The molecule has 1 fully saturated rings. The van der Waals surface area contributed by atoms with Gasteiger partial charge in [0.2, 0.25) is 0 Å². The first-order chi connectivity index (χ1) is 11.6. The molecule has 0 atom stereocenters. The molecule has 0 saturated carbocycles. The third-order valence-electron chi connectivity index (χ3n) is 3.57. The topological polar surface area (TPSA) is 45.8 Å². The lowest BCUT2D eigenvalue weighted by Crippen LogP contribution is -2.38. The number of amidine groups is 1. The number of rotatable bonds is 3. The van der Waals surface area contributed by atoms with E-state index >= 15 is 0 Å². The van der Waals surface area contributed by atoms with E-state index in [4.69, 9.17) is 16.0 Å². The van der Waals surface area contributed by atoms with Crippen LogP contribution in [0.25, 0.3) is 6.08 Å². The van der Waals surface area contributed by atoms with Crippen molar-refractivity contribution in [2.24, 2.45) is 4.99 Å². The van der Waals surface area contributed by atoms with Crippen LogP contribution >= 0.6 is 23.4 Å². The van der Waals surface area contributed by atoms with Gasteiger partial charge in [0.15, 0.2) is 5.17 Å². The van der Waals surface area contributed by atoms with E-state index in [1.165, 1.54) is 6.08 Å². The number of carbonyl (C=O) groups is 1. The molecule has 0 spiro atoms. The van der Waals surface area contributed by atoms with E-state index in [1.807, 2.05) is 25.1 Å². The molecule has 1 aliphatic heterocycles. The molecule has 2 heterocycles. The molecule has 4 nitrogen and oxygen atoms in total. The van der Waals surface area contributed by atoms with Crippen molar-refractivity contribution >= 4 is 46.2 Å². The van der Waals surface area contributed by atoms with Gasteiger partial charge in [-0.1, -0.05) is 29.4 Å². The highest BCUT2D eigenvalue weighted by atomic mass is 35.5. The summed E-state index contributed by atoms with van der Waals surface area (Å²) in [5.41, 5.74) is 1.76. The van der Waals surface area contributed by atoms with Crippen LogP contribution in [0, 0.1) is 6.92 Å². The Hall–Kier alpha value is -1.98. The minimum Gasteiger partial charge on any atom is -0.465 e. The Labute approximate surface area is 150 Å². The molecule has 0 bridgehead atoms. The minimum absolute atomic E-state index is 0.101. The van der Waals surface area contributed by atoms with Crippen molar-refractivity contribution in [2.45, 2.75) is 13.3 Å². The van der Waals surface area contributed by atoms with E-state index in [1.54, 1.807) is 41.1 Å². The van der Waals surface area contributed by atoms with Crippen LogP contribution in [-0.2, 0) is 4.79 Å². The lowest BCUT2D eigenvalue weighted by atomic mass is 10.2. The summed E-state index contributed by atoms with van der Waals surface area (Å²) in [5, 5.41) is 1.38. The fraction of sp³-hybridized carbons (Fsp3) is 0.222. The second-order valence-corrected chi connectivity index (χ2v) is 6.84. The molecule has 3 rings (SSSR count). The van der Waals surface area contributed by atoms with Crippen LogP contribution in [0.15, 0.2) is 52.1 Å². The molecule has 124 valence electrons. The molecule has 2 aromatic rings. The number of carbonyl (C=O) groups excluding carboxylic acids is 1. The van der Waals surface area contributed by atoms with Gasteiger partial charge in [0.05, 0.1) is 12.0 Å². The summed E-state index contributed by atoms with van der Waals surface area (Å²) in [6.07, 6.45) is 5.71. The van der Waals surface area contributed by atoms with E-state index in [0.29, 0.717) is 22.5 Å². The Morgan fingerprint density at radius 3 is 3.04 bits per heavy atom. The van der Waals surface area contributed by atoms with Crippen LogP contribution in [0.2, 0.25) is 5.02 Å². The number of aryl methyl sites for hydroxylation is 1. The van der Waals surface area contributed by atoms with Crippen molar-refractivity contribution in [3.05, 3.63) is 59.0 Å². The van der Waals surface area contributed by atoms with Gasteiger partial charge >= 0.3 is 0 Å². The van der Waals surface area contributed by atoms with Gasteiger partial charge in [-0.2, -0.15) is 0 Å². The molecule has 1 aromatic carbocycles. The largest absolute Gasteiger partial charge is 0.465 e. The van der Waals surface area contributed by atoms with Gasteiger partial charge in [-0.3, -0.25) is 9.69 Å². The predicted molar refractivity (Wildman–Crippen MR) is 99.8 cm³/mol. The average molecular weight is 361 g/mol. The van der Waals surface area contributed by atoms with Crippen molar-refractivity contribution in [3.63, 3.8) is 0 Å². The number of nitrogens with zero attached hydrogens (tertiary/aromatic N) is 2. The van der Waals surface area contributed by atoms with Crippen LogP contribution in [0.1, 0.15) is 17.7 Å². The monoisotopic (exact) mass is 360 g/mol. The standard InChI is InChI=1S/C18H17ClN2O2S/c1-13-5-6-14(12-16(13)19)20-18-21(9-3-11-24-18)17(22)8-7-15-4-2-10-23-15/h2,4-8,10,12H,3,9,11H2,1H3/b8-7+,20-18?. The van der Waals surface area contributed by atoms with Gasteiger partial charge in [0.25, 0.3) is 5.91 Å². The lowest BCUT2D eigenvalue weighted by Gasteiger charge is -2.26. The third-order valence-corrected chi connectivity index (χ3v) is 5.04. The highest BCUT2D eigenvalue weighted by Gasteiger charge is 2.22. The lowest BCUT2D eigenvalue weighted by molar-refractivity contribution is -0.122. The fourth-order valence-electron chi connectivity index (χ4n) is 2.25. The van der Waals surface area contributed by atoms with E-state index < -0.39 is 0 Å². The summed E-state index contributed by atoms with van der Waals surface area (Å²) in [6.45, 7) is 2.61. The number of hydrogen-bond acceptors (Lipinski definition) is 4. The molecule has 1 amide bonds. The zero-order valence-electron chi connectivity index (χ0n) is 13.2. The maximum atomic E-state index is 12.5. The summed E-state index contributed by atoms with van der Waals surface area (Å²) in [4.78, 5) is 18.8. The molecule has 6 heteroatoms.